The van der Waals surface area contributed by atoms with Crippen molar-refractivity contribution in [1.29, 1.82) is 0 Å². The minimum Gasteiger partial charge on any atom is -0.377 e. The molecule has 0 aliphatic carbocycles. The van der Waals surface area contributed by atoms with Crippen LogP contribution < -0.4 is 5.32 Å². The third kappa shape index (κ3) is 4.08. The van der Waals surface area contributed by atoms with Gasteiger partial charge in [-0.25, -0.2) is 0 Å². The number of pyridine rings is 1. The zero-order valence-electron chi connectivity index (χ0n) is 10.0. The Balaban J connectivity index is 2.73. The fourth-order valence-corrected chi connectivity index (χ4v) is 1.71. The second kappa shape index (κ2) is 6.84. The number of hydrogen-bond acceptors (Lipinski definition) is 3. The van der Waals surface area contributed by atoms with Crippen LogP contribution in [0.15, 0.2) is 18.5 Å². The molecule has 0 radical (unpaired) electrons. The van der Waals surface area contributed by atoms with Crippen LogP contribution in [0.2, 0.25) is 5.02 Å². The molecule has 1 aromatic rings. The Morgan fingerprint density at radius 3 is 2.81 bits per heavy atom. The molecule has 4 heteroatoms. The summed E-state index contributed by atoms with van der Waals surface area (Å²) in [5, 5.41) is 4.04. The summed E-state index contributed by atoms with van der Waals surface area (Å²) in [6.45, 7) is 7.62. The van der Waals surface area contributed by atoms with E-state index in [2.05, 4.69) is 17.2 Å². The number of nitrogens with zero attached hydrogens (tertiary/aromatic N) is 1. The first-order chi connectivity index (χ1) is 7.65. The second-order valence-corrected chi connectivity index (χ2v) is 4.30. The van der Waals surface area contributed by atoms with E-state index in [0.717, 1.165) is 12.1 Å². The molecule has 1 heterocycles. The molecule has 0 saturated carbocycles. The third-order valence-electron chi connectivity index (χ3n) is 2.23. The Labute approximate surface area is 102 Å². The number of halogens is 1. The highest BCUT2D eigenvalue weighted by atomic mass is 35.5. The molecule has 3 nitrogen and oxygen atoms in total. The van der Waals surface area contributed by atoms with Gasteiger partial charge < -0.3 is 10.1 Å². The van der Waals surface area contributed by atoms with Gasteiger partial charge in [0.25, 0.3) is 0 Å². The van der Waals surface area contributed by atoms with Crippen molar-refractivity contribution >= 4 is 11.6 Å². The van der Waals surface area contributed by atoms with E-state index in [0.29, 0.717) is 11.6 Å². The normalized spacial score (nSPS) is 13.1. The molecule has 16 heavy (non-hydrogen) atoms. The first-order valence-corrected chi connectivity index (χ1v) is 5.97. The highest BCUT2D eigenvalue weighted by molar-refractivity contribution is 6.31. The van der Waals surface area contributed by atoms with Crippen LogP contribution in [0.1, 0.15) is 32.4 Å². The van der Waals surface area contributed by atoms with Gasteiger partial charge in [-0.2, -0.15) is 0 Å². The molecule has 1 N–H and O–H groups in total. The molecule has 1 unspecified atom stereocenters. The van der Waals surface area contributed by atoms with Crippen LogP contribution in [-0.4, -0.2) is 24.2 Å². The predicted molar refractivity (Wildman–Crippen MR) is 66.8 cm³/mol. The second-order valence-electron chi connectivity index (χ2n) is 3.89. The maximum absolute atomic E-state index is 6.11. The molecule has 0 aliphatic heterocycles. The van der Waals surface area contributed by atoms with Gasteiger partial charge in [0, 0.05) is 12.4 Å². The van der Waals surface area contributed by atoms with Crippen LogP contribution in [0.3, 0.4) is 0 Å². The number of rotatable bonds is 6. The number of aromatic nitrogens is 1. The SMILES string of the molecule is CCNC(COC(C)C)c1ccncc1Cl. The molecule has 1 aromatic heterocycles. The van der Waals surface area contributed by atoms with Crippen LogP contribution in [0.25, 0.3) is 0 Å². The minimum atomic E-state index is 0.128. The lowest BCUT2D eigenvalue weighted by atomic mass is 10.1. The summed E-state index contributed by atoms with van der Waals surface area (Å²) >= 11 is 6.11. The summed E-state index contributed by atoms with van der Waals surface area (Å²) in [4.78, 5) is 3.98. The van der Waals surface area contributed by atoms with E-state index < -0.39 is 0 Å². The molecule has 0 fully saturated rings. The first kappa shape index (κ1) is 13.4. The van der Waals surface area contributed by atoms with Crippen molar-refractivity contribution in [3.05, 3.63) is 29.0 Å². The topological polar surface area (TPSA) is 34.1 Å². The van der Waals surface area contributed by atoms with Crippen molar-refractivity contribution in [3.63, 3.8) is 0 Å². The molecule has 1 rings (SSSR count). The van der Waals surface area contributed by atoms with Crippen LogP contribution in [0, 0.1) is 0 Å². The van der Waals surface area contributed by atoms with Gasteiger partial charge in [-0.3, -0.25) is 4.98 Å². The van der Waals surface area contributed by atoms with Crippen LogP contribution in [0.5, 0.6) is 0 Å². The summed E-state index contributed by atoms with van der Waals surface area (Å²) in [7, 11) is 0. The van der Waals surface area contributed by atoms with E-state index >= 15 is 0 Å². The Kier molecular flexibility index (Phi) is 5.74. The fraction of sp³-hybridized carbons (Fsp3) is 0.583. The van der Waals surface area contributed by atoms with Crippen molar-refractivity contribution in [2.24, 2.45) is 0 Å². The third-order valence-corrected chi connectivity index (χ3v) is 2.54. The van der Waals surface area contributed by atoms with Gasteiger partial charge >= 0.3 is 0 Å². The summed E-state index contributed by atoms with van der Waals surface area (Å²) in [5.41, 5.74) is 1.04. The lowest BCUT2D eigenvalue weighted by Gasteiger charge is -2.20. The van der Waals surface area contributed by atoms with Crippen LogP contribution >= 0.6 is 11.6 Å². The van der Waals surface area contributed by atoms with Gasteiger partial charge in [-0.1, -0.05) is 18.5 Å². The zero-order chi connectivity index (χ0) is 12.0. The van der Waals surface area contributed by atoms with Gasteiger partial charge in [-0.05, 0) is 32.0 Å². The number of nitrogens with one attached hydrogen (secondary N) is 1. The largest absolute Gasteiger partial charge is 0.377 e. The number of ether oxygens (including phenoxy) is 1. The Bertz CT molecular complexity index is 318. The number of hydrogen-bond donors (Lipinski definition) is 1. The Morgan fingerprint density at radius 1 is 1.50 bits per heavy atom. The van der Waals surface area contributed by atoms with Crippen molar-refractivity contribution in [3.8, 4) is 0 Å². The predicted octanol–water partition coefficient (Wildman–Crippen LogP) is 2.81. The highest BCUT2D eigenvalue weighted by Crippen LogP contribution is 2.22. The first-order valence-electron chi connectivity index (χ1n) is 5.59. The smallest absolute Gasteiger partial charge is 0.0665 e. The molecule has 0 aliphatic rings. The van der Waals surface area contributed by atoms with E-state index in [1.807, 2.05) is 19.9 Å². The Morgan fingerprint density at radius 2 is 2.25 bits per heavy atom. The lowest BCUT2D eigenvalue weighted by Crippen LogP contribution is -2.27. The van der Waals surface area contributed by atoms with E-state index in [-0.39, 0.29) is 12.1 Å². The summed E-state index contributed by atoms with van der Waals surface area (Å²) in [5.74, 6) is 0. The van der Waals surface area contributed by atoms with Gasteiger partial charge in [-0.15, -0.1) is 0 Å². The Hall–Kier alpha value is -0.640. The van der Waals surface area contributed by atoms with Crippen LogP contribution in [0.4, 0.5) is 0 Å². The lowest BCUT2D eigenvalue weighted by molar-refractivity contribution is 0.0614. The summed E-state index contributed by atoms with van der Waals surface area (Å²) < 4.78 is 5.62. The molecule has 0 amide bonds. The molecule has 0 bridgehead atoms. The maximum atomic E-state index is 6.11. The maximum Gasteiger partial charge on any atom is 0.0665 e. The average Bonchev–Trinajstić information content (AvgIpc) is 2.25. The molecule has 0 spiro atoms. The minimum absolute atomic E-state index is 0.128. The summed E-state index contributed by atoms with van der Waals surface area (Å²) in [6, 6.07) is 2.06. The molecule has 0 aromatic carbocycles. The summed E-state index contributed by atoms with van der Waals surface area (Å²) in [6.07, 6.45) is 3.64. The quantitative estimate of drug-likeness (QED) is 0.833. The van der Waals surface area contributed by atoms with Crippen LogP contribution in [-0.2, 0) is 4.74 Å². The van der Waals surface area contributed by atoms with Crippen molar-refractivity contribution in [2.75, 3.05) is 13.2 Å². The van der Waals surface area contributed by atoms with Crippen molar-refractivity contribution in [1.82, 2.24) is 10.3 Å². The van der Waals surface area contributed by atoms with Crippen molar-refractivity contribution in [2.45, 2.75) is 32.9 Å². The van der Waals surface area contributed by atoms with Gasteiger partial charge in [0.05, 0.1) is 23.8 Å². The standard InChI is InChI=1S/C12H19ClN2O/c1-4-15-12(8-16-9(2)3)10-5-6-14-7-11(10)13/h5-7,9,12,15H,4,8H2,1-3H3. The monoisotopic (exact) mass is 242 g/mol. The van der Waals surface area contributed by atoms with E-state index in [1.165, 1.54) is 0 Å². The van der Waals surface area contributed by atoms with E-state index in [9.17, 15) is 0 Å². The molecular weight excluding hydrogens is 224 g/mol. The molecule has 0 saturated heterocycles. The molecule has 1 atom stereocenters. The molecular formula is C12H19ClN2O. The van der Waals surface area contributed by atoms with E-state index in [4.69, 9.17) is 16.3 Å². The highest BCUT2D eigenvalue weighted by Gasteiger charge is 2.14. The van der Waals surface area contributed by atoms with Gasteiger partial charge in [0.1, 0.15) is 0 Å². The van der Waals surface area contributed by atoms with Gasteiger partial charge in [0.15, 0.2) is 0 Å². The van der Waals surface area contributed by atoms with E-state index in [1.54, 1.807) is 12.4 Å². The van der Waals surface area contributed by atoms with Gasteiger partial charge in [0.2, 0.25) is 0 Å². The van der Waals surface area contributed by atoms with Crippen molar-refractivity contribution < 1.29 is 4.74 Å². The molecule has 90 valence electrons. The fourth-order valence-electron chi connectivity index (χ4n) is 1.46. The average molecular weight is 243 g/mol. The number of likely N-dealkylation sites (N-methyl/N-ethyl adjacent to an activating group) is 1. The zero-order valence-corrected chi connectivity index (χ0v) is 10.8.